The highest BCUT2D eigenvalue weighted by molar-refractivity contribution is 9.10. The molecule has 0 amide bonds. The molecule has 0 unspecified atom stereocenters. The second-order valence-corrected chi connectivity index (χ2v) is 6.16. The summed E-state index contributed by atoms with van der Waals surface area (Å²) in [6, 6.07) is 5.80. The van der Waals surface area contributed by atoms with Crippen molar-refractivity contribution in [3.05, 3.63) is 33.1 Å². The van der Waals surface area contributed by atoms with Gasteiger partial charge in [0.15, 0.2) is 0 Å². The number of hydrogen-bond donors (Lipinski definition) is 1. The average molecular weight is 328 g/mol. The molecule has 1 aromatic heterocycles. The van der Waals surface area contributed by atoms with Crippen LogP contribution in [0.2, 0.25) is 0 Å². The average Bonchev–Trinajstić information content (AvgIpc) is 2.77. The first-order chi connectivity index (χ1) is 8.41. The molecule has 0 spiro atoms. The van der Waals surface area contributed by atoms with Crippen LogP contribution in [-0.4, -0.2) is 17.2 Å². The standard InChI is InChI=1S/C13H14BrNO2S/c1-13(2,16)12-15-10(7-18-12)8-4-5-11(17-3)9(14)6-8/h4-7,16H,1-3H3. The number of aliphatic hydroxyl groups is 1. The largest absolute Gasteiger partial charge is 0.496 e. The van der Waals surface area contributed by atoms with Gasteiger partial charge >= 0.3 is 0 Å². The van der Waals surface area contributed by atoms with E-state index < -0.39 is 5.60 Å². The highest BCUT2D eigenvalue weighted by Gasteiger charge is 2.20. The van der Waals surface area contributed by atoms with E-state index >= 15 is 0 Å². The van der Waals surface area contributed by atoms with Crippen molar-refractivity contribution in [3.8, 4) is 17.0 Å². The van der Waals surface area contributed by atoms with Crippen molar-refractivity contribution in [2.75, 3.05) is 7.11 Å². The maximum atomic E-state index is 9.90. The molecule has 0 saturated carbocycles. The highest BCUT2D eigenvalue weighted by Crippen LogP contribution is 2.33. The molecule has 2 rings (SSSR count). The summed E-state index contributed by atoms with van der Waals surface area (Å²) in [5.41, 5.74) is 0.960. The predicted octanol–water partition coefficient (Wildman–Crippen LogP) is 3.81. The smallest absolute Gasteiger partial charge is 0.133 e. The third-order valence-corrected chi connectivity index (χ3v) is 4.25. The van der Waals surface area contributed by atoms with E-state index in [9.17, 15) is 5.11 Å². The molecule has 0 fully saturated rings. The van der Waals surface area contributed by atoms with E-state index in [4.69, 9.17) is 4.74 Å². The number of nitrogens with zero attached hydrogens (tertiary/aromatic N) is 1. The second kappa shape index (κ2) is 4.99. The van der Waals surface area contributed by atoms with Gasteiger partial charge in [-0.3, -0.25) is 0 Å². The zero-order valence-electron chi connectivity index (χ0n) is 10.4. The summed E-state index contributed by atoms with van der Waals surface area (Å²) < 4.78 is 6.08. The quantitative estimate of drug-likeness (QED) is 0.932. The number of methoxy groups -OCH3 is 1. The number of rotatable bonds is 3. The first-order valence-electron chi connectivity index (χ1n) is 5.44. The third-order valence-electron chi connectivity index (χ3n) is 2.48. The topological polar surface area (TPSA) is 42.4 Å². The van der Waals surface area contributed by atoms with E-state index in [-0.39, 0.29) is 0 Å². The van der Waals surface area contributed by atoms with Crippen LogP contribution in [0.1, 0.15) is 18.9 Å². The molecule has 1 heterocycles. The first kappa shape index (κ1) is 13.5. The van der Waals surface area contributed by atoms with E-state index in [1.165, 1.54) is 11.3 Å². The molecule has 5 heteroatoms. The molecule has 0 aliphatic rings. The summed E-state index contributed by atoms with van der Waals surface area (Å²) in [5.74, 6) is 0.789. The minimum Gasteiger partial charge on any atom is -0.496 e. The fourth-order valence-corrected chi connectivity index (χ4v) is 2.91. The van der Waals surface area contributed by atoms with Gasteiger partial charge in [0.05, 0.1) is 17.3 Å². The molecule has 0 aliphatic carbocycles. The number of ether oxygens (including phenoxy) is 1. The number of benzene rings is 1. The Hall–Kier alpha value is -0.910. The van der Waals surface area contributed by atoms with Gasteiger partial charge in [-0.2, -0.15) is 0 Å². The molecule has 18 heavy (non-hydrogen) atoms. The molecule has 0 aliphatic heterocycles. The molecule has 1 aromatic carbocycles. The number of aromatic nitrogens is 1. The van der Waals surface area contributed by atoms with Crippen molar-refractivity contribution in [2.45, 2.75) is 19.4 Å². The summed E-state index contributed by atoms with van der Waals surface area (Å²) in [6.07, 6.45) is 0. The Kier molecular flexibility index (Phi) is 3.75. The molecular weight excluding hydrogens is 314 g/mol. The van der Waals surface area contributed by atoms with Crippen LogP contribution >= 0.6 is 27.3 Å². The van der Waals surface area contributed by atoms with Crippen LogP contribution in [0.3, 0.4) is 0 Å². The number of thiazole rings is 1. The maximum Gasteiger partial charge on any atom is 0.133 e. The Balaban J connectivity index is 2.38. The third kappa shape index (κ3) is 2.74. The molecule has 0 atom stereocenters. The van der Waals surface area contributed by atoms with Gasteiger partial charge in [0.2, 0.25) is 0 Å². The Bertz CT molecular complexity index is 560. The molecule has 0 radical (unpaired) electrons. The van der Waals surface area contributed by atoms with Crippen LogP contribution in [0.4, 0.5) is 0 Å². The fraction of sp³-hybridized carbons (Fsp3) is 0.308. The Morgan fingerprint density at radius 2 is 2.11 bits per heavy atom. The van der Waals surface area contributed by atoms with Crippen LogP contribution in [-0.2, 0) is 5.60 Å². The molecule has 96 valence electrons. The SMILES string of the molecule is COc1ccc(-c2csc(C(C)(C)O)n2)cc1Br. The van der Waals surface area contributed by atoms with Gasteiger partial charge in [-0.1, -0.05) is 0 Å². The zero-order valence-corrected chi connectivity index (χ0v) is 12.8. The lowest BCUT2D eigenvalue weighted by Gasteiger charge is -2.12. The maximum absolute atomic E-state index is 9.90. The highest BCUT2D eigenvalue weighted by atomic mass is 79.9. The Morgan fingerprint density at radius 3 is 2.61 bits per heavy atom. The number of halogens is 1. The van der Waals surface area contributed by atoms with E-state index in [0.717, 1.165) is 21.5 Å². The van der Waals surface area contributed by atoms with Crippen LogP contribution in [0.25, 0.3) is 11.3 Å². The van der Waals surface area contributed by atoms with Crippen molar-refractivity contribution < 1.29 is 9.84 Å². The summed E-state index contributed by atoms with van der Waals surface area (Å²) in [4.78, 5) is 4.46. The molecule has 3 nitrogen and oxygen atoms in total. The van der Waals surface area contributed by atoms with Crippen molar-refractivity contribution >= 4 is 27.3 Å². The predicted molar refractivity (Wildman–Crippen MR) is 77.0 cm³/mol. The first-order valence-corrected chi connectivity index (χ1v) is 7.11. The number of hydrogen-bond acceptors (Lipinski definition) is 4. The van der Waals surface area contributed by atoms with E-state index in [1.54, 1.807) is 21.0 Å². The van der Waals surface area contributed by atoms with E-state index in [0.29, 0.717) is 5.01 Å². The van der Waals surface area contributed by atoms with Crippen LogP contribution in [0, 0.1) is 0 Å². The molecule has 0 saturated heterocycles. The normalized spacial score (nSPS) is 11.6. The van der Waals surface area contributed by atoms with E-state index in [2.05, 4.69) is 20.9 Å². The fourth-order valence-electron chi connectivity index (χ4n) is 1.51. The van der Waals surface area contributed by atoms with Gasteiger partial charge in [0.25, 0.3) is 0 Å². The van der Waals surface area contributed by atoms with Crippen LogP contribution < -0.4 is 4.74 Å². The Labute approximate surface area is 119 Å². The van der Waals surface area contributed by atoms with Gasteiger partial charge < -0.3 is 9.84 Å². The molecule has 2 aromatic rings. The van der Waals surface area contributed by atoms with Crippen LogP contribution in [0.5, 0.6) is 5.75 Å². The monoisotopic (exact) mass is 327 g/mol. The van der Waals surface area contributed by atoms with Gasteiger partial charge in [0, 0.05) is 10.9 Å². The van der Waals surface area contributed by atoms with Crippen molar-refractivity contribution in [1.82, 2.24) is 4.98 Å². The Morgan fingerprint density at radius 1 is 1.39 bits per heavy atom. The zero-order chi connectivity index (χ0) is 13.3. The molecular formula is C13H14BrNO2S. The minimum absolute atomic E-state index is 0.712. The molecule has 1 N–H and O–H groups in total. The lowest BCUT2D eigenvalue weighted by molar-refractivity contribution is 0.0783. The van der Waals surface area contributed by atoms with Crippen molar-refractivity contribution in [2.24, 2.45) is 0 Å². The van der Waals surface area contributed by atoms with Gasteiger partial charge in [-0.05, 0) is 48.0 Å². The summed E-state index contributed by atoms with van der Waals surface area (Å²) >= 11 is 4.91. The van der Waals surface area contributed by atoms with Crippen LogP contribution in [0.15, 0.2) is 28.1 Å². The summed E-state index contributed by atoms with van der Waals surface area (Å²) in [5, 5.41) is 12.6. The lowest BCUT2D eigenvalue weighted by atomic mass is 10.1. The summed E-state index contributed by atoms with van der Waals surface area (Å²) in [6.45, 7) is 3.47. The van der Waals surface area contributed by atoms with Gasteiger partial charge in [-0.15, -0.1) is 11.3 Å². The van der Waals surface area contributed by atoms with Crippen molar-refractivity contribution in [3.63, 3.8) is 0 Å². The van der Waals surface area contributed by atoms with Crippen molar-refractivity contribution in [1.29, 1.82) is 0 Å². The molecule has 0 bridgehead atoms. The lowest BCUT2D eigenvalue weighted by Crippen LogP contribution is -2.14. The minimum atomic E-state index is -0.896. The second-order valence-electron chi connectivity index (χ2n) is 4.45. The summed E-state index contributed by atoms with van der Waals surface area (Å²) in [7, 11) is 1.63. The van der Waals surface area contributed by atoms with Gasteiger partial charge in [-0.25, -0.2) is 4.98 Å². The van der Waals surface area contributed by atoms with E-state index in [1.807, 2.05) is 23.6 Å². The van der Waals surface area contributed by atoms with Gasteiger partial charge in [0.1, 0.15) is 16.4 Å².